The second kappa shape index (κ2) is 13.5. The molecule has 0 atom stereocenters. The van der Waals surface area contributed by atoms with Gasteiger partial charge in [0.2, 0.25) is 0 Å². The van der Waals surface area contributed by atoms with Crippen LogP contribution < -0.4 is 0 Å². The molecule has 0 amide bonds. The summed E-state index contributed by atoms with van der Waals surface area (Å²) in [4.78, 5) is 19.6. The van der Waals surface area contributed by atoms with Gasteiger partial charge in [-0.15, -0.1) is 0 Å². The first-order chi connectivity index (χ1) is 28.3. The van der Waals surface area contributed by atoms with Crippen molar-refractivity contribution in [3.8, 4) is 62.0 Å². The minimum absolute atomic E-state index is 0.641. The fourth-order valence-corrected chi connectivity index (χ4v) is 8.39. The molecule has 0 aliphatic carbocycles. The van der Waals surface area contributed by atoms with Crippen LogP contribution in [0.4, 0.5) is 0 Å². The monoisotopic (exact) mass is 727 g/mol. The standard InChI is InChI=1S/C52H33N5/c1-3-13-34(14-4-1)50-39-17-7-9-19-41(39)51(42-20-10-8-18-40(42)50)35-22-24-36(25-23-35)52-55-46(32-47(56-52)45-21-11-12-29-54-45)37-26-27-48-43(31-37)44-33-53-30-28-49(44)57(48)38-15-5-2-6-16-38/h1-33H. The van der Waals surface area contributed by atoms with Crippen LogP contribution in [0.3, 0.4) is 0 Å². The summed E-state index contributed by atoms with van der Waals surface area (Å²) in [5, 5.41) is 7.11. The number of hydrogen-bond acceptors (Lipinski definition) is 4. The molecule has 5 nitrogen and oxygen atoms in total. The average molecular weight is 728 g/mol. The van der Waals surface area contributed by atoms with Gasteiger partial charge in [-0.2, -0.15) is 0 Å². The number of benzene rings is 7. The fourth-order valence-electron chi connectivity index (χ4n) is 8.39. The lowest BCUT2D eigenvalue weighted by Crippen LogP contribution is -1.97. The summed E-state index contributed by atoms with van der Waals surface area (Å²) in [5.74, 6) is 0.641. The van der Waals surface area contributed by atoms with Crippen molar-refractivity contribution in [1.82, 2.24) is 24.5 Å². The van der Waals surface area contributed by atoms with E-state index in [4.69, 9.17) is 9.97 Å². The molecule has 266 valence electrons. The number of pyridine rings is 2. The highest BCUT2D eigenvalue weighted by Crippen LogP contribution is 2.44. The molecule has 0 N–H and O–H groups in total. The van der Waals surface area contributed by atoms with Crippen LogP contribution in [0.5, 0.6) is 0 Å². The van der Waals surface area contributed by atoms with Crippen molar-refractivity contribution < 1.29 is 0 Å². The van der Waals surface area contributed by atoms with E-state index in [0.717, 1.165) is 61.3 Å². The number of rotatable bonds is 6. The Hall–Kier alpha value is -7.76. The fraction of sp³-hybridized carbons (Fsp3) is 0. The summed E-state index contributed by atoms with van der Waals surface area (Å²) >= 11 is 0. The first-order valence-electron chi connectivity index (χ1n) is 19.1. The normalized spacial score (nSPS) is 11.5. The topological polar surface area (TPSA) is 56.5 Å². The molecule has 0 radical (unpaired) electrons. The minimum atomic E-state index is 0.641. The minimum Gasteiger partial charge on any atom is -0.309 e. The molecule has 0 aliphatic rings. The van der Waals surface area contributed by atoms with Gasteiger partial charge in [-0.25, -0.2) is 9.97 Å². The van der Waals surface area contributed by atoms with E-state index < -0.39 is 0 Å². The maximum Gasteiger partial charge on any atom is 0.160 e. The van der Waals surface area contributed by atoms with Crippen molar-refractivity contribution in [2.24, 2.45) is 0 Å². The number of aromatic nitrogens is 5. The maximum atomic E-state index is 5.24. The number of para-hydroxylation sites is 1. The summed E-state index contributed by atoms with van der Waals surface area (Å²) in [5.41, 5.74) is 12.5. The lowest BCUT2D eigenvalue weighted by atomic mass is 9.86. The Morgan fingerprint density at radius 1 is 0.351 bits per heavy atom. The molecule has 0 saturated heterocycles. The van der Waals surface area contributed by atoms with E-state index in [2.05, 4.69) is 166 Å². The Kier molecular flexibility index (Phi) is 7.74. The van der Waals surface area contributed by atoms with Crippen molar-refractivity contribution in [3.63, 3.8) is 0 Å². The number of fused-ring (bicyclic) bond motifs is 5. The van der Waals surface area contributed by atoms with Gasteiger partial charge in [0, 0.05) is 46.2 Å². The Morgan fingerprint density at radius 3 is 1.58 bits per heavy atom. The van der Waals surface area contributed by atoms with Crippen LogP contribution in [0, 0.1) is 0 Å². The van der Waals surface area contributed by atoms with E-state index in [-0.39, 0.29) is 0 Å². The van der Waals surface area contributed by atoms with Gasteiger partial charge in [0.05, 0.1) is 28.1 Å². The van der Waals surface area contributed by atoms with Crippen molar-refractivity contribution in [2.75, 3.05) is 0 Å². The van der Waals surface area contributed by atoms with Gasteiger partial charge in [-0.05, 0) is 92.3 Å². The molecule has 0 bridgehead atoms. The smallest absolute Gasteiger partial charge is 0.160 e. The van der Waals surface area contributed by atoms with Crippen LogP contribution in [-0.4, -0.2) is 24.5 Å². The molecule has 11 aromatic rings. The van der Waals surface area contributed by atoms with Gasteiger partial charge >= 0.3 is 0 Å². The first kappa shape index (κ1) is 32.7. The summed E-state index contributed by atoms with van der Waals surface area (Å²) in [6.07, 6.45) is 5.61. The molecule has 7 aromatic carbocycles. The van der Waals surface area contributed by atoms with Crippen molar-refractivity contribution in [1.29, 1.82) is 0 Å². The lowest BCUT2D eigenvalue weighted by Gasteiger charge is -2.18. The second-order valence-electron chi connectivity index (χ2n) is 14.3. The predicted octanol–water partition coefficient (Wildman–Crippen LogP) is 13.0. The lowest BCUT2D eigenvalue weighted by molar-refractivity contribution is 1.16. The average Bonchev–Trinajstić information content (AvgIpc) is 3.62. The van der Waals surface area contributed by atoms with E-state index in [1.54, 1.807) is 6.20 Å². The van der Waals surface area contributed by atoms with Gasteiger partial charge < -0.3 is 4.57 Å². The molecule has 0 unspecified atom stereocenters. The van der Waals surface area contributed by atoms with E-state index in [0.29, 0.717) is 5.82 Å². The largest absolute Gasteiger partial charge is 0.309 e. The van der Waals surface area contributed by atoms with Crippen LogP contribution >= 0.6 is 0 Å². The van der Waals surface area contributed by atoms with Crippen molar-refractivity contribution in [2.45, 2.75) is 0 Å². The zero-order chi connectivity index (χ0) is 37.7. The molecule has 0 saturated carbocycles. The van der Waals surface area contributed by atoms with Gasteiger partial charge in [0.15, 0.2) is 5.82 Å². The van der Waals surface area contributed by atoms with E-state index in [1.165, 1.54) is 38.2 Å². The summed E-state index contributed by atoms with van der Waals surface area (Å²) < 4.78 is 2.30. The van der Waals surface area contributed by atoms with Crippen LogP contribution in [0.2, 0.25) is 0 Å². The highest BCUT2D eigenvalue weighted by atomic mass is 15.0. The van der Waals surface area contributed by atoms with Crippen molar-refractivity contribution >= 4 is 43.4 Å². The van der Waals surface area contributed by atoms with Crippen LogP contribution in [0.15, 0.2) is 201 Å². The zero-order valence-corrected chi connectivity index (χ0v) is 30.8. The van der Waals surface area contributed by atoms with Crippen LogP contribution in [0.25, 0.3) is 105 Å². The highest BCUT2D eigenvalue weighted by Gasteiger charge is 2.19. The molecule has 57 heavy (non-hydrogen) atoms. The SMILES string of the molecule is c1ccc(-c2c3ccccc3c(-c3ccc(-c4nc(-c5ccc6c(c5)c5cnccc5n6-c5ccccc5)cc(-c5ccccn5)n4)cc3)c3ccccc23)cc1. The van der Waals surface area contributed by atoms with E-state index in [9.17, 15) is 0 Å². The number of hydrogen-bond donors (Lipinski definition) is 0. The molecule has 4 aromatic heterocycles. The van der Waals surface area contributed by atoms with E-state index in [1.807, 2.05) is 42.7 Å². The van der Waals surface area contributed by atoms with Gasteiger partial charge in [0.25, 0.3) is 0 Å². The summed E-state index contributed by atoms with van der Waals surface area (Å²) in [6.45, 7) is 0. The number of nitrogens with zero attached hydrogens (tertiary/aromatic N) is 5. The van der Waals surface area contributed by atoms with Crippen molar-refractivity contribution in [3.05, 3.63) is 201 Å². The summed E-state index contributed by atoms with van der Waals surface area (Å²) in [7, 11) is 0. The first-order valence-corrected chi connectivity index (χ1v) is 19.1. The Morgan fingerprint density at radius 2 is 0.912 bits per heavy atom. The predicted molar refractivity (Wildman–Crippen MR) is 234 cm³/mol. The molecule has 11 rings (SSSR count). The molecule has 0 aliphatic heterocycles. The Labute approximate surface area is 329 Å². The molecule has 5 heteroatoms. The van der Waals surface area contributed by atoms with Gasteiger partial charge in [-0.1, -0.05) is 133 Å². The molecule has 0 fully saturated rings. The zero-order valence-electron chi connectivity index (χ0n) is 30.8. The second-order valence-corrected chi connectivity index (χ2v) is 14.3. The van der Waals surface area contributed by atoms with Gasteiger partial charge in [-0.3, -0.25) is 9.97 Å². The highest BCUT2D eigenvalue weighted by molar-refractivity contribution is 6.21. The molecular weight excluding hydrogens is 695 g/mol. The Balaban J connectivity index is 1.06. The third-order valence-corrected chi connectivity index (χ3v) is 11.0. The third kappa shape index (κ3) is 5.56. The van der Waals surface area contributed by atoms with Crippen LogP contribution in [0.1, 0.15) is 0 Å². The quantitative estimate of drug-likeness (QED) is 0.160. The van der Waals surface area contributed by atoms with E-state index >= 15 is 0 Å². The van der Waals surface area contributed by atoms with Crippen LogP contribution in [-0.2, 0) is 0 Å². The van der Waals surface area contributed by atoms with Gasteiger partial charge in [0.1, 0.15) is 0 Å². The molecule has 4 heterocycles. The summed E-state index contributed by atoms with van der Waals surface area (Å²) in [6, 6.07) is 64.0. The molecule has 0 spiro atoms. The Bertz CT molecular complexity index is 3210. The third-order valence-electron chi connectivity index (χ3n) is 11.0. The maximum absolute atomic E-state index is 5.24. The molecular formula is C52H33N5.